The van der Waals surface area contributed by atoms with Crippen LogP contribution in [0.25, 0.3) is 0 Å². The summed E-state index contributed by atoms with van der Waals surface area (Å²) in [5, 5.41) is 12.4. The van der Waals surface area contributed by atoms with E-state index in [2.05, 4.69) is 5.16 Å². The summed E-state index contributed by atoms with van der Waals surface area (Å²) in [6.07, 6.45) is -0.0219. The molecule has 1 atom stereocenters. The highest BCUT2D eigenvalue weighted by molar-refractivity contribution is 5.68. The fraction of sp³-hybridized carbons (Fsp3) is 0.556. The Bertz CT molecular complexity index is 333. The summed E-state index contributed by atoms with van der Waals surface area (Å²) in [6, 6.07) is 0. The summed E-state index contributed by atoms with van der Waals surface area (Å²) < 4.78 is 5.06. The Kier molecular flexibility index (Phi) is 3.24. The lowest BCUT2D eigenvalue weighted by atomic mass is 9.99. The second kappa shape index (κ2) is 4.23. The van der Waals surface area contributed by atoms with Gasteiger partial charge in [0, 0.05) is 18.0 Å². The van der Waals surface area contributed by atoms with Gasteiger partial charge < -0.3 is 15.4 Å². The first-order chi connectivity index (χ1) is 6.56. The maximum absolute atomic E-state index is 10.5. The number of carbonyl (C=O) groups is 1. The van der Waals surface area contributed by atoms with Crippen molar-refractivity contribution in [3.8, 4) is 0 Å². The van der Waals surface area contributed by atoms with Crippen LogP contribution in [0, 0.1) is 13.8 Å². The average molecular weight is 198 g/mol. The summed E-state index contributed by atoms with van der Waals surface area (Å²) in [6.45, 7) is 3.92. The smallest absolute Gasteiger partial charge is 0.304 e. The standard InChI is InChI=1S/C9H14N2O3/c1-5-6(2)11-14-9(5)7(4-10)3-8(12)13/h7H,3-4,10H2,1-2H3,(H,12,13). The van der Waals surface area contributed by atoms with Crippen molar-refractivity contribution in [3.63, 3.8) is 0 Å². The maximum atomic E-state index is 10.5. The molecule has 1 rings (SSSR count). The van der Waals surface area contributed by atoms with E-state index in [-0.39, 0.29) is 18.9 Å². The van der Waals surface area contributed by atoms with Crippen molar-refractivity contribution in [2.75, 3.05) is 6.54 Å². The number of carboxylic acid groups (broad SMARTS) is 1. The second-order valence-corrected chi connectivity index (χ2v) is 3.29. The van der Waals surface area contributed by atoms with Crippen molar-refractivity contribution in [2.45, 2.75) is 26.2 Å². The molecule has 1 heterocycles. The third kappa shape index (κ3) is 2.11. The molecule has 0 bridgehead atoms. The van der Waals surface area contributed by atoms with Gasteiger partial charge in [-0.2, -0.15) is 0 Å². The molecule has 0 saturated carbocycles. The number of nitrogens with zero attached hydrogens (tertiary/aromatic N) is 1. The lowest BCUT2D eigenvalue weighted by Gasteiger charge is -2.08. The van der Waals surface area contributed by atoms with Crippen LogP contribution in [0.4, 0.5) is 0 Å². The molecule has 78 valence electrons. The molecule has 0 saturated heterocycles. The van der Waals surface area contributed by atoms with E-state index in [1.54, 1.807) is 0 Å². The first kappa shape index (κ1) is 10.7. The zero-order valence-electron chi connectivity index (χ0n) is 8.28. The molecular formula is C9H14N2O3. The van der Waals surface area contributed by atoms with E-state index in [0.717, 1.165) is 11.3 Å². The Hall–Kier alpha value is -1.36. The zero-order valence-corrected chi connectivity index (χ0v) is 8.28. The van der Waals surface area contributed by atoms with Gasteiger partial charge in [-0.25, -0.2) is 0 Å². The second-order valence-electron chi connectivity index (χ2n) is 3.29. The van der Waals surface area contributed by atoms with Crippen molar-refractivity contribution in [1.29, 1.82) is 0 Å². The summed E-state index contributed by atoms with van der Waals surface area (Å²) >= 11 is 0. The van der Waals surface area contributed by atoms with Crippen LogP contribution in [0.5, 0.6) is 0 Å². The third-order valence-electron chi connectivity index (χ3n) is 2.27. The SMILES string of the molecule is Cc1noc(C(CN)CC(=O)O)c1C. The van der Waals surface area contributed by atoms with E-state index in [4.69, 9.17) is 15.4 Å². The molecule has 0 aliphatic rings. The molecule has 0 radical (unpaired) electrons. The Morgan fingerprint density at radius 3 is 2.64 bits per heavy atom. The zero-order chi connectivity index (χ0) is 10.7. The predicted molar refractivity (Wildman–Crippen MR) is 50.0 cm³/mol. The van der Waals surface area contributed by atoms with Crippen molar-refractivity contribution >= 4 is 5.97 Å². The number of aliphatic carboxylic acids is 1. The number of rotatable bonds is 4. The van der Waals surface area contributed by atoms with E-state index >= 15 is 0 Å². The molecule has 5 heteroatoms. The highest BCUT2D eigenvalue weighted by atomic mass is 16.5. The van der Waals surface area contributed by atoms with Crippen LogP contribution in [-0.4, -0.2) is 22.8 Å². The van der Waals surface area contributed by atoms with Crippen molar-refractivity contribution in [3.05, 3.63) is 17.0 Å². The molecule has 0 aliphatic carbocycles. The number of hydrogen-bond acceptors (Lipinski definition) is 4. The van der Waals surface area contributed by atoms with Gasteiger partial charge in [-0.1, -0.05) is 5.16 Å². The topological polar surface area (TPSA) is 89.4 Å². The molecule has 1 unspecified atom stereocenters. The molecule has 0 fully saturated rings. The Morgan fingerprint density at radius 2 is 2.29 bits per heavy atom. The predicted octanol–water partition coefficient (Wildman–Crippen LogP) is 0.808. The van der Waals surface area contributed by atoms with Crippen molar-refractivity contribution < 1.29 is 14.4 Å². The van der Waals surface area contributed by atoms with E-state index in [1.807, 2.05) is 13.8 Å². The molecule has 1 aromatic rings. The summed E-state index contributed by atoms with van der Waals surface area (Å²) in [7, 11) is 0. The number of nitrogens with two attached hydrogens (primary N) is 1. The van der Waals surface area contributed by atoms with Gasteiger partial charge in [0.1, 0.15) is 5.76 Å². The minimum Gasteiger partial charge on any atom is -0.481 e. The summed E-state index contributed by atoms with van der Waals surface area (Å²) in [5.74, 6) is -0.574. The van der Waals surface area contributed by atoms with Gasteiger partial charge in [0.2, 0.25) is 0 Å². The van der Waals surface area contributed by atoms with Crippen LogP contribution < -0.4 is 5.73 Å². The Labute approximate surface area is 81.9 Å². The molecular weight excluding hydrogens is 184 g/mol. The Balaban J connectivity index is 2.89. The van der Waals surface area contributed by atoms with Gasteiger partial charge in [0.25, 0.3) is 0 Å². The van der Waals surface area contributed by atoms with E-state index in [9.17, 15) is 4.79 Å². The van der Waals surface area contributed by atoms with E-state index in [1.165, 1.54) is 0 Å². The van der Waals surface area contributed by atoms with Crippen LogP contribution in [0.3, 0.4) is 0 Å². The molecule has 0 aliphatic heterocycles. The number of aryl methyl sites for hydroxylation is 1. The lowest BCUT2D eigenvalue weighted by Crippen LogP contribution is -2.16. The highest BCUT2D eigenvalue weighted by Gasteiger charge is 2.21. The molecule has 0 aromatic carbocycles. The summed E-state index contributed by atoms with van der Waals surface area (Å²) in [4.78, 5) is 10.5. The molecule has 1 aromatic heterocycles. The van der Waals surface area contributed by atoms with Gasteiger partial charge >= 0.3 is 5.97 Å². The fourth-order valence-corrected chi connectivity index (χ4v) is 1.31. The summed E-state index contributed by atoms with van der Waals surface area (Å²) in [5.41, 5.74) is 7.15. The minimum atomic E-state index is -0.881. The molecule has 3 N–H and O–H groups in total. The van der Waals surface area contributed by atoms with Gasteiger partial charge in [-0.3, -0.25) is 4.79 Å². The number of carboxylic acids is 1. The third-order valence-corrected chi connectivity index (χ3v) is 2.27. The van der Waals surface area contributed by atoms with Crippen LogP contribution in [-0.2, 0) is 4.79 Å². The van der Waals surface area contributed by atoms with Crippen LogP contribution in [0.2, 0.25) is 0 Å². The van der Waals surface area contributed by atoms with Gasteiger partial charge in [0.05, 0.1) is 12.1 Å². The fourth-order valence-electron chi connectivity index (χ4n) is 1.31. The molecule has 0 amide bonds. The molecule has 0 spiro atoms. The van der Waals surface area contributed by atoms with E-state index in [0.29, 0.717) is 5.76 Å². The first-order valence-corrected chi connectivity index (χ1v) is 4.41. The van der Waals surface area contributed by atoms with Crippen molar-refractivity contribution in [1.82, 2.24) is 5.16 Å². The number of aromatic nitrogens is 1. The lowest BCUT2D eigenvalue weighted by molar-refractivity contribution is -0.137. The average Bonchev–Trinajstić information content (AvgIpc) is 2.44. The van der Waals surface area contributed by atoms with Crippen molar-refractivity contribution in [2.24, 2.45) is 5.73 Å². The quantitative estimate of drug-likeness (QED) is 0.747. The monoisotopic (exact) mass is 198 g/mol. The Morgan fingerprint density at radius 1 is 1.64 bits per heavy atom. The van der Waals surface area contributed by atoms with Crippen LogP contribution in [0.15, 0.2) is 4.52 Å². The van der Waals surface area contributed by atoms with Crippen LogP contribution in [0.1, 0.15) is 29.4 Å². The van der Waals surface area contributed by atoms with Crippen LogP contribution >= 0.6 is 0 Å². The normalized spacial score (nSPS) is 12.8. The van der Waals surface area contributed by atoms with Gasteiger partial charge in [0.15, 0.2) is 0 Å². The largest absolute Gasteiger partial charge is 0.481 e. The number of hydrogen-bond donors (Lipinski definition) is 2. The van der Waals surface area contributed by atoms with E-state index < -0.39 is 5.97 Å². The molecule has 14 heavy (non-hydrogen) atoms. The first-order valence-electron chi connectivity index (χ1n) is 4.41. The highest BCUT2D eigenvalue weighted by Crippen LogP contribution is 2.23. The van der Waals surface area contributed by atoms with Gasteiger partial charge in [-0.05, 0) is 13.8 Å². The van der Waals surface area contributed by atoms with Gasteiger partial charge in [-0.15, -0.1) is 0 Å². The minimum absolute atomic E-state index is 0.0219. The maximum Gasteiger partial charge on any atom is 0.304 e. The molecule has 5 nitrogen and oxygen atoms in total.